The summed E-state index contributed by atoms with van der Waals surface area (Å²) in [6.07, 6.45) is -12.2. The van der Waals surface area contributed by atoms with Crippen molar-refractivity contribution in [1.29, 1.82) is 0 Å². The highest BCUT2D eigenvalue weighted by molar-refractivity contribution is 6.04. The van der Waals surface area contributed by atoms with Crippen LogP contribution in [0.5, 0.6) is 0 Å². The first kappa shape index (κ1) is 28.7. The van der Waals surface area contributed by atoms with Crippen molar-refractivity contribution in [2.75, 3.05) is 7.05 Å². The van der Waals surface area contributed by atoms with E-state index in [1.54, 1.807) is 0 Å². The molecule has 2 heterocycles. The van der Waals surface area contributed by atoms with Crippen molar-refractivity contribution in [2.24, 2.45) is 46.8 Å². The summed E-state index contributed by atoms with van der Waals surface area (Å²) in [5.74, 6) is -9.11. The maximum Gasteiger partial charge on any atom is 0.403 e. The van der Waals surface area contributed by atoms with Crippen molar-refractivity contribution in [2.45, 2.75) is 95.8 Å². The lowest BCUT2D eigenvalue weighted by Gasteiger charge is -2.52. The van der Waals surface area contributed by atoms with Crippen LogP contribution in [-0.4, -0.2) is 64.3 Å². The fourth-order valence-electron chi connectivity index (χ4n) is 9.01. The van der Waals surface area contributed by atoms with Gasteiger partial charge in [0.1, 0.15) is 6.23 Å². The molecule has 3 amide bonds. The van der Waals surface area contributed by atoms with Gasteiger partial charge in [0.25, 0.3) is 0 Å². The first-order valence-corrected chi connectivity index (χ1v) is 14.1. The highest BCUT2D eigenvalue weighted by Crippen LogP contribution is 2.67. The lowest BCUT2D eigenvalue weighted by Crippen LogP contribution is -2.61. The minimum atomic E-state index is -5.68. The van der Waals surface area contributed by atoms with Crippen LogP contribution in [0.3, 0.4) is 0 Å². The number of hydrogen-bond donors (Lipinski definition) is 1. The Kier molecular flexibility index (Phi) is 7.07. The van der Waals surface area contributed by atoms with Crippen LogP contribution in [0, 0.1) is 46.8 Å². The van der Waals surface area contributed by atoms with E-state index in [9.17, 15) is 45.8 Å². The molecule has 0 radical (unpaired) electrons. The zero-order chi connectivity index (χ0) is 28.7. The molecule has 1 N–H and O–H groups in total. The quantitative estimate of drug-likeness (QED) is 0.390. The standard InChI is InChI=1S/C27H36F6N2O4/c1-13-4-3-5-16(10-13)35-23(38)18-9-7-15(12-20(18)24(35)39)25(26(28,29)30,27(31,32)33)14-6-8-17-19(11-14)22(37)34(2)21(17)36/h13-20,24,39H,3-12H2,1-2H3. The van der Waals surface area contributed by atoms with E-state index in [2.05, 4.69) is 0 Å². The summed E-state index contributed by atoms with van der Waals surface area (Å²) in [6, 6.07) is -0.270. The lowest BCUT2D eigenvalue weighted by molar-refractivity contribution is -0.384. The van der Waals surface area contributed by atoms with Gasteiger partial charge in [-0.05, 0) is 69.1 Å². The number of aliphatic hydroxyl groups is 1. The van der Waals surface area contributed by atoms with Crippen molar-refractivity contribution in [3.05, 3.63) is 0 Å². The number of carbonyl (C=O) groups is 3. The Balaban J connectivity index is 1.47. The largest absolute Gasteiger partial charge is 0.403 e. The van der Waals surface area contributed by atoms with Gasteiger partial charge in [0, 0.05) is 24.9 Å². The van der Waals surface area contributed by atoms with Crippen LogP contribution in [0.25, 0.3) is 0 Å². The van der Waals surface area contributed by atoms with E-state index < -0.39 is 97.0 Å². The highest BCUT2D eigenvalue weighted by Gasteiger charge is 2.78. The maximum absolute atomic E-state index is 14.9. The van der Waals surface area contributed by atoms with Crippen LogP contribution in [0.1, 0.15) is 71.1 Å². The number of hydrogen-bond acceptors (Lipinski definition) is 4. The van der Waals surface area contributed by atoms with Gasteiger partial charge in [-0.1, -0.05) is 19.8 Å². The third-order valence-electron chi connectivity index (χ3n) is 10.8. The molecule has 220 valence electrons. The molecule has 9 atom stereocenters. The summed E-state index contributed by atoms with van der Waals surface area (Å²) in [4.78, 5) is 40.4. The summed E-state index contributed by atoms with van der Waals surface area (Å²) in [7, 11) is 1.21. The molecule has 3 saturated carbocycles. The third kappa shape index (κ3) is 4.20. The first-order chi connectivity index (χ1) is 18.1. The summed E-state index contributed by atoms with van der Waals surface area (Å²) in [5, 5.41) is 11.2. The van der Waals surface area contributed by atoms with Crippen LogP contribution in [-0.2, 0) is 14.4 Å². The second-order valence-corrected chi connectivity index (χ2v) is 12.7. The lowest BCUT2D eigenvalue weighted by atomic mass is 9.54. The number of amides is 3. The molecule has 6 nitrogen and oxygen atoms in total. The number of carbonyl (C=O) groups excluding carboxylic acids is 3. The summed E-state index contributed by atoms with van der Waals surface area (Å²) < 4.78 is 89.6. The van der Waals surface area contributed by atoms with E-state index in [-0.39, 0.29) is 24.8 Å². The Hall–Kier alpha value is -1.85. The molecule has 0 aromatic heterocycles. The van der Waals surface area contributed by atoms with Gasteiger partial charge in [-0.15, -0.1) is 0 Å². The zero-order valence-electron chi connectivity index (χ0n) is 22.1. The van der Waals surface area contributed by atoms with Gasteiger partial charge in [0.2, 0.25) is 17.7 Å². The Morgan fingerprint density at radius 2 is 1.28 bits per heavy atom. The Labute approximate surface area is 223 Å². The number of alkyl halides is 6. The average molecular weight is 567 g/mol. The number of aliphatic hydroxyl groups excluding tert-OH is 1. The van der Waals surface area contributed by atoms with Crippen molar-refractivity contribution in [3.8, 4) is 0 Å². The summed E-state index contributed by atoms with van der Waals surface area (Å²) in [6.45, 7) is 2.03. The number of nitrogens with zero attached hydrogens (tertiary/aromatic N) is 2. The Morgan fingerprint density at radius 1 is 0.718 bits per heavy atom. The zero-order valence-corrected chi connectivity index (χ0v) is 22.1. The molecule has 0 aromatic rings. The van der Waals surface area contributed by atoms with E-state index in [4.69, 9.17) is 0 Å². The SMILES string of the molecule is CC1CCCC(N2C(=O)C3CCC(C(C4CCC5C(=O)N(C)C(=O)C5C4)(C(F)(F)F)C(F)(F)F)CC3C2O)C1. The fourth-order valence-corrected chi connectivity index (χ4v) is 9.01. The predicted octanol–water partition coefficient (Wildman–Crippen LogP) is 4.90. The van der Waals surface area contributed by atoms with Crippen molar-refractivity contribution in [1.82, 2.24) is 9.80 Å². The summed E-state index contributed by atoms with van der Waals surface area (Å²) >= 11 is 0. The van der Waals surface area contributed by atoms with E-state index in [1.165, 1.54) is 11.9 Å². The molecule has 3 aliphatic carbocycles. The molecule has 12 heteroatoms. The molecular weight excluding hydrogens is 530 g/mol. The number of fused-ring (bicyclic) bond motifs is 2. The minimum absolute atomic E-state index is 0.156. The van der Waals surface area contributed by atoms with Crippen LogP contribution in [0.4, 0.5) is 26.3 Å². The topological polar surface area (TPSA) is 77.9 Å². The second-order valence-electron chi connectivity index (χ2n) is 12.7. The first-order valence-electron chi connectivity index (χ1n) is 14.1. The number of imide groups is 1. The van der Waals surface area contributed by atoms with Gasteiger partial charge in [-0.3, -0.25) is 19.3 Å². The Bertz CT molecular complexity index is 1000. The van der Waals surface area contributed by atoms with Gasteiger partial charge >= 0.3 is 12.4 Å². The van der Waals surface area contributed by atoms with Crippen LogP contribution in [0.15, 0.2) is 0 Å². The Morgan fingerprint density at radius 3 is 1.87 bits per heavy atom. The molecule has 39 heavy (non-hydrogen) atoms. The maximum atomic E-state index is 14.9. The molecule has 2 saturated heterocycles. The molecule has 5 fully saturated rings. The average Bonchev–Trinajstić information content (AvgIpc) is 3.22. The normalized spacial score (nSPS) is 40.2. The molecule has 2 aliphatic heterocycles. The summed E-state index contributed by atoms with van der Waals surface area (Å²) in [5.41, 5.74) is -4.10. The van der Waals surface area contributed by atoms with Crippen molar-refractivity contribution < 1.29 is 45.8 Å². The van der Waals surface area contributed by atoms with E-state index in [0.717, 1.165) is 17.7 Å². The van der Waals surface area contributed by atoms with E-state index in [0.29, 0.717) is 18.8 Å². The minimum Gasteiger partial charge on any atom is -0.373 e. The van der Waals surface area contributed by atoms with E-state index >= 15 is 0 Å². The van der Waals surface area contributed by atoms with Crippen LogP contribution >= 0.6 is 0 Å². The molecule has 0 spiro atoms. The van der Waals surface area contributed by atoms with Gasteiger partial charge in [-0.2, -0.15) is 26.3 Å². The van der Waals surface area contributed by atoms with Gasteiger partial charge in [-0.25, -0.2) is 0 Å². The van der Waals surface area contributed by atoms with Crippen LogP contribution in [0.2, 0.25) is 0 Å². The molecule has 0 bridgehead atoms. The molecule has 0 aromatic carbocycles. The molecule has 9 unspecified atom stereocenters. The van der Waals surface area contributed by atoms with Crippen LogP contribution < -0.4 is 0 Å². The number of halogens is 6. The van der Waals surface area contributed by atoms with Gasteiger partial charge in [0.05, 0.1) is 11.8 Å². The number of rotatable bonds is 3. The van der Waals surface area contributed by atoms with Gasteiger partial charge in [0.15, 0.2) is 5.41 Å². The number of likely N-dealkylation sites (tertiary alicyclic amines) is 2. The molecule has 5 rings (SSSR count). The predicted molar refractivity (Wildman–Crippen MR) is 125 cm³/mol. The van der Waals surface area contributed by atoms with Crippen molar-refractivity contribution >= 4 is 17.7 Å². The monoisotopic (exact) mass is 566 g/mol. The highest BCUT2D eigenvalue weighted by atomic mass is 19.4. The second kappa shape index (κ2) is 9.62. The van der Waals surface area contributed by atoms with Gasteiger partial charge < -0.3 is 10.0 Å². The molecule has 5 aliphatic rings. The van der Waals surface area contributed by atoms with Crippen molar-refractivity contribution in [3.63, 3.8) is 0 Å². The molecular formula is C27H36F6N2O4. The fraction of sp³-hybridized carbons (Fsp3) is 0.889. The van der Waals surface area contributed by atoms with E-state index in [1.807, 2.05) is 6.92 Å². The smallest absolute Gasteiger partial charge is 0.373 e. The third-order valence-corrected chi connectivity index (χ3v) is 10.8.